The molecule has 2 rings (SSSR count). The van der Waals surface area contributed by atoms with E-state index < -0.39 is 16.1 Å². The van der Waals surface area contributed by atoms with Crippen molar-refractivity contribution in [2.75, 3.05) is 13.7 Å². The van der Waals surface area contributed by atoms with Crippen molar-refractivity contribution >= 4 is 15.9 Å². The summed E-state index contributed by atoms with van der Waals surface area (Å²) in [4.78, 5) is 12.0. The molecule has 1 amide bonds. The lowest BCUT2D eigenvalue weighted by Gasteiger charge is -2.16. The molecule has 1 aromatic heterocycles. The summed E-state index contributed by atoms with van der Waals surface area (Å²) in [5, 5.41) is 2.62. The molecule has 0 saturated heterocycles. The van der Waals surface area contributed by atoms with Crippen molar-refractivity contribution in [1.82, 2.24) is 10.0 Å². The van der Waals surface area contributed by atoms with Gasteiger partial charge >= 0.3 is 0 Å². The van der Waals surface area contributed by atoms with E-state index in [1.807, 2.05) is 0 Å². The Balaban J connectivity index is 2.19. The van der Waals surface area contributed by atoms with Crippen LogP contribution in [0.3, 0.4) is 0 Å². The fourth-order valence-electron chi connectivity index (χ4n) is 2.14. The molecule has 0 spiro atoms. The fourth-order valence-corrected chi connectivity index (χ4v) is 3.35. The van der Waals surface area contributed by atoms with Crippen LogP contribution in [-0.4, -0.2) is 28.0 Å². The average molecular weight is 364 g/mol. The number of carbonyl (C=O) groups is 1. The first kappa shape index (κ1) is 18.8. The zero-order valence-corrected chi connectivity index (χ0v) is 14.6. The van der Waals surface area contributed by atoms with Gasteiger partial charge in [-0.15, -0.1) is 6.58 Å². The van der Waals surface area contributed by atoms with Crippen LogP contribution in [0.4, 0.5) is 0 Å². The minimum Gasteiger partial charge on any atom is -0.497 e. The van der Waals surface area contributed by atoms with E-state index in [-0.39, 0.29) is 17.2 Å². The molecular formula is C17H20N2O5S. The fraction of sp³-hybridized carbons (Fsp3) is 0.235. The Morgan fingerprint density at radius 2 is 2.04 bits per heavy atom. The molecular weight excluding hydrogens is 344 g/mol. The van der Waals surface area contributed by atoms with Gasteiger partial charge in [-0.25, -0.2) is 8.42 Å². The van der Waals surface area contributed by atoms with E-state index in [9.17, 15) is 13.2 Å². The van der Waals surface area contributed by atoms with Crippen molar-refractivity contribution in [3.8, 4) is 5.75 Å². The molecule has 8 heteroatoms. The highest BCUT2D eigenvalue weighted by molar-refractivity contribution is 7.89. The van der Waals surface area contributed by atoms with E-state index in [0.29, 0.717) is 18.1 Å². The van der Waals surface area contributed by atoms with E-state index in [0.717, 1.165) is 0 Å². The van der Waals surface area contributed by atoms with Gasteiger partial charge in [0.25, 0.3) is 0 Å². The second-order valence-electron chi connectivity index (χ2n) is 5.16. The van der Waals surface area contributed by atoms with E-state index in [1.54, 1.807) is 30.3 Å². The summed E-state index contributed by atoms with van der Waals surface area (Å²) in [6.45, 7) is 3.82. The topological polar surface area (TPSA) is 97.6 Å². The van der Waals surface area contributed by atoms with Gasteiger partial charge in [0, 0.05) is 6.54 Å². The van der Waals surface area contributed by atoms with E-state index >= 15 is 0 Å². The van der Waals surface area contributed by atoms with Crippen LogP contribution in [0, 0.1) is 0 Å². The van der Waals surface area contributed by atoms with Gasteiger partial charge in [-0.2, -0.15) is 4.72 Å². The molecule has 7 nitrogen and oxygen atoms in total. The third-order valence-electron chi connectivity index (χ3n) is 3.39. The Hall–Kier alpha value is -2.58. The van der Waals surface area contributed by atoms with Crippen molar-refractivity contribution in [3.63, 3.8) is 0 Å². The van der Waals surface area contributed by atoms with Gasteiger partial charge < -0.3 is 14.5 Å². The standard InChI is InChI=1S/C17H20N2O5S/c1-3-10-18-17(20)12-15(16-5-4-11-24-16)19-25(21,22)14-8-6-13(23-2)7-9-14/h3-9,11,15,19H,1,10,12H2,2H3,(H,18,20)/t15-/m0/s1. The number of ether oxygens (including phenoxy) is 1. The maximum Gasteiger partial charge on any atom is 0.241 e. The van der Waals surface area contributed by atoms with Crippen molar-refractivity contribution < 1.29 is 22.4 Å². The normalized spacial score (nSPS) is 12.4. The number of furan rings is 1. The summed E-state index contributed by atoms with van der Waals surface area (Å²) < 4.78 is 38.0. The monoisotopic (exact) mass is 364 g/mol. The lowest BCUT2D eigenvalue weighted by atomic mass is 10.1. The number of methoxy groups -OCH3 is 1. The zero-order valence-electron chi connectivity index (χ0n) is 13.8. The van der Waals surface area contributed by atoms with Gasteiger partial charge in [-0.1, -0.05) is 6.08 Å². The Labute approximate surface area is 146 Å². The molecule has 0 saturated carbocycles. The highest BCUT2D eigenvalue weighted by Gasteiger charge is 2.25. The highest BCUT2D eigenvalue weighted by atomic mass is 32.2. The third-order valence-corrected chi connectivity index (χ3v) is 4.87. The van der Waals surface area contributed by atoms with Gasteiger partial charge in [0.05, 0.1) is 30.7 Å². The van der Waals surface area contributed by atoms with E-state index in [4.69, 9.17) is 9.15 Å². The molecule has 1 aromatic carbocycles. The molecule has 0 aliphatic carbocycles. The van der Waals surface area contributed by atoms with Gasteiger partial charge in [0.1, 0.15) is 11.5 Å². The molecule has 0 unspecified atom stereocenters. The van der Waals surface area contributed by atoms with Crippen molar-refractivity contribution in [1.29, 1.82) is 0 Å². The molecule has 0 aliphatic heterocycles. The smallest absolute Gasteiger partial charge is 0.241 e. The van der Waals surface area contributed by atoms with Crippen molar-refractivity contribution in [2.45, 2.75) is 17.4 Å². The van der Waals surface area contributed by atoms with Crippen LogP contribution in [-0.2, 0) is 14.8 Å². The molecule has 0 fully saturated rings. The van der Waals surface area contributed by atoms with Gasteiger partial charge in [-0.05, 0) is 36.4 Å². The highest BCUT2D eigenvalue weighted by Crippen LogP contribution is 2.22. The van der Waals surface area contributed by atoms with E-state index in [1.165, 1.54) is 25.5 Å². The van der Waals surface area contributed by atoms with Gasteiger partial charge in [-0.3, -0.25) is 4.79 Å². The lowest BCUT2D eigenvalue weighted by Crippen LogP contribution is -2.33. The Kier molecular flexibility index (Phi) is 6.37. The first-order chi connectivity index (χ1) is 12.0. The second kappa shape index (κ2) is 8.50. The van der Waals surface area contributed by atoms with Crippen LogP contribution in [0.15, 0.2) is 64.6 Å². The van der Waals surface area contributed by atoms with Crippen LogP contribution in [0.5, 0.6) is 5.75 Å². The molecule has 2 aromatic rings. The maximum atomic E-state index is 12.6. The summed E-state index contributed by atoms with van der Waals surface area (Å²) in [5.74, 6) is 0.579. The minimum absolute atomic E-state index is 0.0661. The molecule has 0 bridgehead atoms. The van der Waals surface area contributed by atoms with Crippen LogP contribution in [0.2, 0.25) is 0 Å². The Morgan fingerprint density at radius 3 is 2.60 bits per heavy atom. The molecule has 1 atom stereocenters. The number of benzene rings is 1. The van der Waals surface area contributed by atoms with Crippen LogP contribution in [0.1, 0.15) is 18.2 Å². The number of hydrogen-bond acceptors (Lipinski definition) is 5. The SMILES string of the molecule is C=CCNC(=O)C[C@H](NS(=O)(=O)c1ccc(OC)cc1)c1ccco1. The summed E-state index contributed by atoms with van der Waals surface area (Å²) in [6, 6.07) is 8.37. The summed E-state index contributed by atoms with van der Waals surface area (Å²) in [6.07, 6.45) is 2.86. The molecule has 1 heterocycles. The number of hydrogen-bond donors (Lipinski definition) is 2. The molecule has 25 heavy (non-hydrogen) atoms. The summed E-state index contributed by atoms with van der Waals surface area (Å²) in [5.41, 5.74) is 0. The third kappa shape index (κ3) is 5.20. The quantitative estimate of drug-likeness (QED) is 0.663. The average Bonchev–Trinajstić information content (AvgIpc) is 3.14. The van der Waals surface area contributed by atoms with Crippen molar-refractivity contribution in [2.24, 2.45) is 0 Å². The number of amides is 1. The molecule has 134 valence electrons. The second-order valence-corrected chi connectivity index (χ2v) is 6.88. The number of sulfonamides is 1. The first-order valence-corrected chi connectivity index (χ1v) is 9.02. The number of carbonyl (C=O) groups excluding carboxylic acids is 1. The van der Waals surface area contributed by atoms with Gasteiger partial charge in [0.15, 0.2) is 0 Å². The Morgan fingerprint density at radius 1 is 1.32 bits per heavy atom. The summed E-state index contributed by atoms with van der Waals surface area (Å²) >= 11 is 0. The molecule has 0 aliphatic rings. The van der Waals surface area contributed by atoms with Crippen LogP contribution in [0.25, 0.3) is 0 Å². The van der Waals surface area contributed by atoms with Gasteiger partial charge in [0.2, 0.25) is 15.9 Å². The van der Waals surface area contributed by atoms with Crippen LogP contribution >= 0.6 is 0 Å². The minimum atomic E-state index is -3.84. The largest absolute Gasteiger partial charge is 0.497 e. The first-order valence-electron chi connectivity index (χ1n) is 7.53. The molecule has 2 N–H and O–H groups in total. The Bertz CT molecular complexity index is 798. The zero-order chi connectivity index (χ0) is 18.3. The predicted octanol–water partition coefficient (Wildman–Crippen LogP) is 2.00. The lowest BCUT2D eigenvalue weighted by molar-refractivity contribution is -0.121. The number of rotatable bonds is 9. The predicted molar refractivity (Wildman–Crippen MR) is 92.6 cm³/mol. The maximum absolute atomic E-state index is 12.6. The van der Waals surface area contributed by atoms with Crippen molar-refractivity contribution in [3.05, 3.63) is 61.1 Å². The van der Waals surface area contributed by atoms with E-state index in [2.05, 4.69) is 16.6 Å². The molecule has 0 radical (unpaired) electrons. The van der Waals surface area contributed by atoms with Crippen LogP contribution < -0.4 is 14.8 Å². The number of nitrogens with one attached hydrogen (secondary N) is 2. The summed E-state index contributed by atoms with van der Waals surface area (Å²) in [7, 11) is -2.35.